The summed E-state index contributed by atoms with van der Waals surface area (Å²) in [4.78, 5) is 0. The Labute approximate surface area is 64.3 Å². The summed E-state index contributed by atoms with van der Waals surface area (Å²) in [6, 6.07) is 3.84. The second-order valence-electron chi connectivity index (χ2n) is 2.44. The minimum absolute atomic E-state index is 0.0880. The maximum Gasteiger partial charge on any atom is 0.129 e. The van der Waals surface area contributed by atoms with Crippen molar-refractivity contribution >= 4 is 6.21 Å². The molecule has 4 nitrogen and oxygen atoms in total. The molecule has 0 aromatic carbocycles. The fourth-order valence-electron chi connectivity index (χ4n) is 1.16. The SMILES string of the molecule is NN1N=CCC1c1ccco1. The van der Waals surface area contributed by atoms with Gasteiger partial charge in [0.15, 0.2) is 0 Å². The van der Waals surface area contributed by atoms with Gasteiger partial charge in [-0.3, -0.25) is 0 Å². The van der Waals surface area contributed by atoms with E-state index in [1.54, 1.807) is 12.5 Å². The predicted octanol–water partition coefficient (Wildman–Crippen LogP) is 0.886. The molecule has 0 bridgehead atoms. The molecule has 0 spiro atoms. The summed E-state index contributed by atoms with van der Waals surface area (Å²) in [6.45, 7) is 0. The highest BCUT2D eigenvalue weighted by atomic mass is 16.3. The van der Waals surface area contributed by atoms with Crippen LogP contribution in [0.5, 0.6) is 0 Å². The Kier molecular flexibility index (Phi) is 1.40. The Morgan fingerprint density at radius 1 is 1.73 bits per heavy atom. The summed E-state index contributed by atoms with van der Waals surface area (Å²) in [5, 5.41) is 5.32. The van der Waals surface area contributed by atoms with Gasteiger partial charge in [0, 0.05) is 12.6 Å². The fourth-order valence-corrected chi connectivity index (χ4v) is 1.16. The van der Waals surface area contributed by atoms with E-state index in [2.05, 4.69) is 5.10 Å². The topological polar surface area (TPSA) is 54.8 Å². The molecular weight excluding hydrogens is 142 g/mol. The van der Waals surface area contributed by atoms with E-state index in [9.17, 15) is 0 Å². The Balaban J connectivity index is 2.19. The van der Waals surface area contributed by atoms with Crippen molar-refractivity contribution in [2.24, 2.45) is 10.9 Å². The average molecular weight is 151 g/mol. The van der Waals surface area contributed by atoms with Gasteiger partial charge in [-0.1, -0.05) is 0 Å². The van der Waals surface area contributed by atoms with Crippen LogP contribution in [0.4, 0.5) is 0 Å². The minimum Gasteiger partial charge on any atom is -0.467 e. The van der Waals surface area contributed by atoms with Crippen LogP contribution in [0.15, 0.2) is 27.9 Å². The van der Waals surface area contributed by atoms with E-state index in [0.29, 0.717) is 0 Å². The first kappa shape index (κ1) is 6.42. The molecule has 1 atom stereocenters. The van der Waals surface area contributed by atoms with Gasteiger partial charge in [-0.15, -0.1) is 0 Å². The maximum absolute atomic E-state index is 5.55. The van der Waals surface area contributed by atoms with Gasteiger partial charge in [0.05, 0.1) is 6.26 Å². The molecular formula is C7H9N3O. The number of rotatable bonds is 1. The third-order valence-corrected chi connectivity index (χ3v) is 1.73. The number of nitrogens with two attached hydrogens (primary N) is 1. The van der Waals surface area contributed by atoms with Crippen molar-refractivity contribution in [2.45, 2.75) is 12.5 Å². The second-order valence-corrected chi connectivity index (χ2v) is 2.44. The number of hydrogen-bond donors (Lipinski definition) is 1. The highest BCUT2D eigenvalue weighted by Crippen LogP contribution is 2.24. The molecule has 1 aliphatic rings. The van der Waals surface area contributed by atoms with Crippen molar-refractivity contribution in [2.75, 3.05) is 0 Å². The number of hydrazone groups is 1. The number of hydrazine groups is 1. The molecule has 0 fully saturated rings. The molecule has 1 aliphatic heterocycles. The van der Waals surface area contributed by atoms with Crippen LogP contribution >= 0.6 is 0 Å². The molecule has 0 saturated carbocycles. The third kappa shape index (κ3) is 1.01. The molecule has 1 unspecified atom stereocenters. The molecule has 4 heteroatoms. The lowest BCUT2D eigenvalue weighted by Crippen LogP contribution is -2.25. The van der Waals surface area contributed by atoms with E-state index < -0.39 is 0 Å². The van der Waals surface area contributed by atoms with Gasteiger partial charge in [0.2, 0.25) is 0 Å². The van der Waals surface area contributed by atoms with Gasteiger partial charge in [-0.25, -0.2) is 11.0 Å². The first-order valence-corrected chi connectivity index (χ1v) is 3.47. The summed E-state index contributed by atoms with van der Waals surface area (Å²) in [5.41, 5.74) is 0. The van der Waals surface area contributed by atoms with Crippen LogP contribution in [-0.2, 0) is 0 Å². The van der Waals surface area contributed by atoms with Crippen LogP contribution in [0.2, 0.25) is 0 Å². The van der Waals surface area contributed by atoms with Gasteiger partial charge in [-0.2, -0.15) is 5.10 Å². The first-order valence-electron chi connectivity index (χ1n) is 3.47. The van der Waals surface area contributed by atoms with Crippen molar-refractivity contribution < 1.29 is 4.42 Å². The largest absolute Gasteiger partial charge is 0.467 e. The van der Waals surface area contributed by atoms with Crippen molar-refractivity contribution in [3.05, 3.63) is 24.2 Å². The minimum atomic E-state index is 0.0880. The average Bonchev–Trinajstić information content (AvgIpc) is 2.55. The predicted molar refractivity (Wildman–Crippen MR) is 40.6 cm³/mol. The van der Waals surface area contributed by atoms with Gasteiger partial charge in [-0.05, 0) is 12.1 Å². The van der Waals surface area contributed by atoms with Crippen LogP contribution < -0.4 is 5.84 Å². The highest BCUT2D eigenvalue weighted by molar-refractivity contribution is 5.60. The van der Waals surface area contributed by atoms with E-state index in [1.807, 2.05) is 12.1 Å². The standard InChI is InChI=1S/C7H9N3O/c8-10-6(3-4-9-10)7-2-1-5-11-7/h1-2,4-6H,3,8H2. The van der Waals surface area contributed by atoms with Crippen LogP contribution in [0.1, 0.15) is 18.2 Å². The summed E-state index contributed by atoms with van der Waals surface area (Å²) in [5.74, 6) is 6.41. The second kappa shape index (κ2) is 2.39. The van der Waals surface area contributed by atoms with Crippen molar-refractivity contribution in [3.63, 3.8) is 0 Å². The zero-order valence-electron chi connectivity index (χ0n) is 5.97. The zero-order valence-corrected chi connectivity index (χ0v) is 5.97. The van der Waals surface area contributed by atoms with Crippen LogP contribution in [0, 0.1) is 0 Å². The van der Waals surface area contributed by atoms with E-state index in [0.717, 1.165) is 12.2 Å². The number of hydrogen-bond acceptors (Lipinski definition) is 4. The summed E-state index contributed by atoms with van der Waals surface area (Å²) in [7, 11) is 0. The van der Waals surface area contributed by atoms with Crippen molar-refractivity contribution in [1.82, 2.24) is 5.12 Å². The van der Waals surface area contributed by atoms with Crippen LogP contribution in [-0.4, -0.2) is 11.3 Å². The maximum atomic E-state index is 5.55. The molecule has 1 aromatic heterocycles. The number of nitrogens with zero attached hydrogens (tertiary/aromatic N) is 2. The molecule has 58 valence electrons. The quantitative estimate of drug-likeness (QED) is 0.606. The monoisotopic (exact) mass is 151 g/mol. The molecule has 0 amide bonds. The Hall–Kier alpha value is -1.29. The van der Waals surface area contributed by atoms with E-state index in [4.69, 9.17) is 10.3 Å². The van der Waals surface area contributed by atoms with Gasteiger partial charge < -0.3 is 4.42 Å². The molecule has 11 heavy (non-hydrogen) atoms. The van der Waals surface area contributed by atoms with E-state index in [1.165, 1.54) is 5.12 Å². The summed E-state index contributed by atoms with van der Waals surface area (Å²) in [6.07, 6.45) is 4.25. The summed E-state index contributed by atoms with van der Waals surface area (Å²) < 4.78 is 5.19. The van der Waals surface area contributed by atoms with Crippen LogP contribution in [0.3, 0.4) is 0 Å². The lowest BCUT2D eigenvalue weighted by Gasteiger charge is -2.14. The lowest BCUT2D eigenvalue weighted by atomic mass is 10.2. The van der Waals surface area contributed by atoms with Gasteiger partial charge in [0.25, 0.3) is 0 Å². The Morgan fingerprint density at radius 2 is 2.64 bits per heavy atom. The molecule has 2 N–H and O–H groups in total. The Morgan fingerprint density at radius 3 is 3.18 bits per heavy atom. The highest BCUT2D eigenvalue weighted by Gasteiger charge is 2.21. The van der Waals surface area contributed by atoms with Crippen molar-refractivity contribution in [1.29, 1.82) is 0 Å². The summed E-state index contributed by atoms with van der Waals surface area (Å²) >= 11 is 0. The number of furan rings is 1. The fraction of sp³-hybridized carbons (Fsp3) is 0.286. The third-order valence-electron chi connectivity index (χ3n) is 1.73. The Bertz CT molecular complexity index is 255. The molecule has 1 aromatic rings. The smallest absolute Gasteiger partial charge is 0.129 e. The zero-order chi connectivity index (χ0) is 7.68. The van der Waals surface area contributed by atoms with E-state index >= 15 is 0 Å². The molecule has 2 heterocycles. The van der Waals surface area contributed by atoms with Gasteiger partial charge >= 0.3 is 0 Å². The normalized spacial score (nSPS) is 23.0. The lowest BCUT2D eigenvalue weighted by molar-refractivity contribution is 0.212. The molecule has 2 rings (SSSR count). The van der Waals surface area contributed by atoms with Crippen LogP contribution in [0.25, 0.3) is 0 Å². The van der Waals surface area contributed by atoms with Gasteiger partial charge in [0.1, 0.15) is 11.8 Å². The molecule has 0 radical (unpaired) electrons. The van der Waals surface area contributed by atoms with E-state index in [-0.39, 0.29) is 6.04 Å². The molecule has 0 aliphatic carbocycles. The first-order chi connectivity index (χ1) is 5.38. The molecule has 0 saturated heterocycles. The van der Waals surface area contributed by atoms with Crippen molar-refractivity contribution in [3.8, 4) is 0 Å².